The molecule has 6 heteroatoms. The summed E-state index contributed by atoms with van der Waals surface area (Å²) in [7, 11) is 0. The average molecular weight is 394 g/mol. The number of hydrogen-bond donors (Lipinski definition) is 2. The van der Waals surface area contributed by atoms with Gasteiger partial charge in [0.25, 0.3) is 0 Å². The van der Waals surface area contributed by atoms with E-state index in [-0.39, 0.29) is 0 Å². The molecule has 0 amide bonds. The minimum absolute atomic E-state index is 0.446. The number of aromatic nitrogens is 3. The lowest BCUT2D eigenvalue weighted by molar-refractivity contribution is 0.461. The van der Waals surface area contributed by atoms with E-state index >= 15 is 0 Å². The quantitative estimate of drug-likeness (QED) is 0.575. The van der Waals surface area contributed by atoms with Gasteiger partial charge in [0.2, 0.25) is 5.95 Å². The lowest BCUT2D eigenvalue weighted by Gasteiger charge is -2.23. The van der Waals surface area contributed by atoms with Crippen LogP contribution >= 0.6 is 11.6 Å². The van der Waals surface area contributed by atoms with E-state index in [1.165, 1.54) is 32.1 Å². The molecule has 0 aliphatic heterocycles. The van der Waals surface area contributed by atoms with Gasteiger partial charge in [-0.1, -0.05) is 43.0 Å². The third kappa shape index (κ3) is 4.98. The van der Waals surface area contributed by atoms with Gasteiger partial charge in [0.15, 0.2) is 0 Å². The maximum absolute atomic E-state index is 5.98. The highest BCUT2D eigenvalue weighted by atomic mass is 35.5. The van der Waals surface area contributed by atoms with Crippen LogP contribution < -0.4 is 10.6 Å². The van der Waals surface area contributed by atoms with Crippen molar-refractivity contribution in [1.82, 2.24) is 15.0 Å². The van der Waals surface area contributed by atoms with Gasteiger partial charge in [0.1, 0.15) is 5.82 Å². The summed E-state index contributed by atoms with van der Waals surface area (Å²) < 4.78 is 0. The first-order valence-electron chi connectivity index (χ1n) is 9.80. The van der Waals surface area contributed by atoms with Gasteiger partial charge in [0, 0.05) is 41.6 Å². The van der Waals surface area contributed by atoms with Crippen molar-refractivity contribution in [3.05, 3.63) is 65.4 Å². The van der Waals surface area contributed by atoms with E-state index in [0.29, 0.717) is 18.5 Å². The Bertz CT molecular complexity index is 893. The molecule has 144 valence electrons. The van der Waals surface area contributed by atoms with Gasteiger partial charge in [-0.3, -0.25) is 4.98 Å². The number of benzene rings is 1. The summed E-state index contributed by atoms with van der Waals surface area (Å²) in [6.07, 6.45) is 9.80. The highest BCUT2D eigenvalue weighted by molar-refractivity contribution is 6.30. The normalized spacial score (nSPS) is 14.6. The molecule has 0 unspecified atom stereocenters. The minimum Gasteiger partial charge on any atom is -0.366 e. The van der Waals surface area contributed by atoms with Gasteiger partial charge in [-0.15, -0.1) is 0 Å². The van der Waals surface area contributed by atoms with Crippen LogP contribution in [0.2, 0.25) is 5.02 Å². The van der Waals surface area contributed by atoms with E-state index in [2.05, 4.69) is 15.6 Å². The van der Waals surface area contributed by atoms with Crippen LogP contribution in [0.3, 0.4) is 0 Å². The second-order valence-electron chi connectivity index (χ2n) is 7.16. The predicted octanol–water partition coefficient (Wildman–Crippen LogP) is 5.55. The molecule has 1 aliphatic rings. The smallest absolute Gasteiger partial charge is 0.225 e. The first-order chi connectivity index (χ1) is 13.8. The number of pyridine rings is 1. The van der Waals surface area contributed by atoms with E-state index in [9.17, 15) is 0 Å². The fraction of sp³-hybridized carbons (Fsp3) is 0.318. The third-order valence-corrected chi connectivity index (χ3v) is 5.26. The number of nitrogens with one attached hydrogen (secondary N) is 2. The van der Waals surface area contributed by atoms with E-state index in [1.807, 2.05) is 48.7 Å². The molecular weight excluding hydrogens is 370 g/mol. The Kier molecular flexibility index (Phi) is 6.02. The van der Waals surface area contributed by atoms with Gasteiger partial charge in [-0.25, -0.2) is 4.98 Å². The largest absolute Gasteiger partial charge is 0.366 e. The van der Waals surface area contributed by atoms with Crippen LogP contribution in [0, 0.1) is 0 Å². The molecule has 2 aromatic heterocycles. The number of halogens is 1. The monoisotopic (exact) mass is 393 g/mol. The highest BCUT2D eigenvalue weighted by Crippen LogP contribution is 2.24. The summed E-state index contributed by atoms with van der Waals surface area (Å²) in [4.78, 5) is 13.7. The van der Waals surface area contributed by atoms with Crippen molar-refractivity contribution in [3.63, 3.8) is 0 Å². The molecule has 1 aromatic carbocycles. The van der Waals surface area contributed by atoms with Crippen LogP contribution in [0.25, 0.3) is 11.3 Å². The Labute approximate surface area is 170 Å². The Morgan fingerprint density at radius 1 is 1.00 bits per heavy atom. The average Bonchev–Trinajstić information content (AvgIpc) is 2.75. The molecule has 0 atom stereocenters. The lowest BCUT2D eigenvalue weighted by Crippen LogP contribution is -2.23. The Balaban J connectivity index is 1.56. The van der Waals surface area contributed by atoms with Crippen LogP contribution in [0.4, 0.5) is 11.8 Å². The predicted molar refractivity (Wildman–Crippen MR) is 115 cm³/mol. The van der Waals surface area contributed by atoms with Crippen LogP contribution in [0.5, 0.6) is 0 Å². The summed E-state index contributed by atoms with van der Waals surface area (Å²) in [5.41, 5.74) is 2.99. The lowest BCUT2D eigenvalue weighted by atomic mass is 9.96. The molecule has 1 fully saturated rings. The summed E-state index contributed by atoms with van der Waals surface area (Å²) in [5, 5.41) is 7.69. The molecule has 2 N–H and O–H groups in total. The SMILES string of the molecule is Clc1ccc(CNc2cc(-c3cccnc3)nc(NC3CCCCC3)n2)cc1. The maximum atomic E-state index is 5.98. The van der Waals surface area contributed by atoms with Crippen LogP contribution in [-0.4, -0.2) is 21.0 Å². The molecule has 0 radical (unpaired) electrons. The second-order valence-corrected chi connectivity index (χ2v) is 7.60. The fourth-order valence-corrected chi connectivity index (χ4v) is 3.61. The maximum Gasteiger partial charge on any atom is 0.225 e. The Morgan fingerprint density at radius 2 is 1.82 bits per heavy atom. The minimum atomic E-state index is 0.446. The Hall–Kier alpha value is -2.66. The first-order valence-corrected chi connectivity index (χ1v) is 10.2. The zero-order valence-corrected chi connectivity index (χ0v) is 16.5. The molecule has 4 rings (SSSR count). The number of hydrogen-bond acceptors (Lipinski definition) is 5. The van der Waals surface area contributed by atoms with Gasteiger partial charge in [-0.2, -0.15) is 4.98 Å². The van der Waals surface area contributed by atoms with Crippen LogP contribution in [0.15, 0.2) is 54.9 Å². The topological polar surface area (TPSA) is 62.7 Å². The zero-order valence-electron chi connectivity index (χ0n) is 15.7. The van der Waals surface area contributed by atoms with Crippen LogP contribution in [0.1, 0.15) is 37.7 Å². The number of nitrogens with zero attached hydrogens (tertiary/aromatic N) is 3. The number of rotatable bonds is 6. The van der Waals surface area contributed by atoms with Crippen molar-refractivity contribution < 1.29 is 0 Å². The molecule has 2 heterocycles. The third-order valence-electron chi connectivity index (χ3n) is 5.01. The van der Waals surface area contributed by atoms with E-state index in [4.69, 9.17) is 21.6 Å². The first kappa shape index (κ1) is 18.7. The molecule has 0 saturated heterocycles. The van der Waals surface area contributed by atoms with Crippen molar-refractivity contribution in [3.8, 4) is 11.3 Å². The summed E-state index contributed by atoms with van der Waals surface area (Å²) >= 11 is 5.98. The van der Waals surface area contributed by atoms with E-state index in [0.717, 1.165) is 27.7 Å². The molecular formula is C22H24ClN5. The van der Waals surface area contributed by atoms with Crippen molar-refractivity contribution >= 4 is 23.4 Å². The molecule has 1 aliphatic carbocycles. The highest BCUT2D eigenvalue weighted by Gasteiger charge is 2.15. The van der Waals surface area contributed by atoms with Gasteiger partial charge in [-0.05, 0) is 42.7 Å². The van der Waals surface area contributed by atoms with Gasteiger partial charge >= 0.3 is 0 Å². The van der Waals surface area contributed by atoms with Crippen molar-refractivity contribution in [1.29, 1.82) is 0 Å². The molecule has 0 bridgehead atoms. The van der Waals surface area contributed by atoms with Crippen molar-refractivity contribution in [2.75, 3.05) is 10.6 Å². The molecule has 5 nitrogen and oxygen atoms in total. The fourth-order valence-electron chi connectivity index (χ4n) is 3.49. The van der Waals surface area contributed by atoms with Gasteiger partial charge < -0.3 is 10.6 Å². The number of anilines is 2. The summed E-state index contributed by atoms with van der Waals surface area (Å²) in [6, 6.07) is 14.2. The summed E-state index contributed by atoms with van der Waals surface area (Å²) in [5.74, 6) is 1.47. The van der Waals surface area contributed by atoms with Crippen LogP contribution in [-0.2, 0) is 6.54 Å². The zero-order chi connectivity index (χ0) is 19.2. The summed E-state index contributed by atoms with van der Waals surface area (Å²) in [6.45, 7) is 0.670. The molecule has 0 spiro atoms. The van der Waals surface area contributed by atoms with Crippen molar-refractivity contribution in [2.45, 2.75) is 44.7 Å². The molecule has 1 saturated carbocycles. The molecule has 3 aromatic rings. The van der Waals surface area contributed by atoms with Crippen molar-refractivity contribution in [2.24, 2.45) is 0 Å². The second kappa shape index (κ2) is 9.02. The van der Waals surface area contributed by atoms with E-state index < -0.39 is 0 Å². The van der Waals surface area contributed by atoms with Gasteiger partial charge in [0.05, 0.1) is 5.69 Å². The standard InChI is InChI=1S/C22H24ClN5/c23-18-10-8-16(9-11-18)14-25-21-13-20(17-5-4-12-24-15-17)27-22(28-21)26-19-6-2-1-3-7-19/h4-5,8-13,15,19H,1-3,6-7,14H2,(H2,25,26,27,28). The Morgan fingerprint density at radius 3 is 2.57 bits per heavy atom. The molecule has 28 heavy (non-hydrogen) atoms. The van der Waals surface area contributed by atoms with E-state index in [1.54, 1.807) is 6.20 Å².